The lowest BCUT2D eigenvalue weighted by Crippen LogP contribution is -2.48. The van der Waals surface area contributed by atoms with Crippen molar-refractivity contribution in [2.24, 2.45) is 0 Å². The number of nitriles is 1. The van der Waals surface area contributed by atoms with Crippen LogP contribution in [0.2, 0.25) is 0 Å². The predicted octanol–water partition coefficient (Wildman–Crippen LogP) is 1.44. The van der Waals surface area contributed by atoms with E-state index in [1.807, 2.05) is 18.2 Å². The molecule has 0 saturated carbocycles. The average Bonchev–Trinajstić information content (AvgIpc) is 2.55. The Balaban J connectivity index is 1.72. The number of amides is 1. The fourth-order valence-electron chi connectivity index (χ4n) is 2.93. The van der Waals surface area contributed by atoms with Crippen LogP contribution in [0.25, 0.3) is 0 Å². The third kappa shape index (κ3) is 2.92. The van der Waals surface area contributed by atoms with Crippen LogP contribution in [0.15, 0.2) is 24.3 Å². The first-order valence-electron chi connectivity index (χ1n) is 7.26. The minimum absolute atomic E-state index is 0.0356. The van der Waals surface area contributed by atoms with Crippen molar-refractivity contribution in [1.29, 1.82) is 5.26 Å². The van der Waals surface area contributed by atoms with Gasteiger partial charge in [0, 0.05) is 6.54 Å². The molecule has 0 aliphatic carbocycles. The summed E-state index contributed by atoms with van der Waals surface area (Å²) in [6.07, 6.45) is 0.971. The molecule has 0 N–H and O–H groups in total. The van der Waals surface area contributed by atoms with Crippen LogP contribution in [0.3, 0.4) is 0 Å². The minimum Gasteiger partial charge on any atom is -0.376 e. The van der Waals surface area contributed by atoms with E-state index in [4.69, 9.17) is 14.7 Å². The smallest absolute Gasteiger partial charge is 0.226 e. The third-order valence-electron chi connectivity index (χ3n) is 4.05. The molecule has 0 unspecified atom stereocenters. The van der Waals surface area contributed by atoms with E-state index in [0.29, 0.717) is 26.4 Å². The number of carbonyl (C=O) groups excluding carboxylic acids is 1. The van der Waals surface area contributed by atoms with Gasteiger partial charge in [0.25, 0.3) is 0 Å². The third-order valence-corrected chi connectivity index (χ3v) is 4.05. The van der Waals surface area contributed by atoms with Gasteiger partial charge in [-0.15, -0.1) is 0 Å². The topological polar surface area (TPSA) is 62.6 Å². The zero-order chi connectivity index (χ0) is 14.7. The summed E-state index contributed by atoms with van der Waals surface area (Å²) in [5.74, 6) is -0.0356. The van der Waals surface area contributed by atoms with E-state index in [1.54, 1.807) is 4.90 Å². The molecule has 1 aromatic rings. The van der Waals surface area contributed by atoms with Gasteiger partial charge in [-0.3, -0.25) is 4.79 Å². The average molecular weight is 286 g/mol. The van der Waals surface area contributed by atoms with Crippen LogP contribution in [0.1, 0.15) is 23.7 Å². The van der Waals surface area contributed by atoms with E-state index < -0.39 is 6.04 Å². The fourth-order valence-corrected chi connectivity index (χ4v) is 2.93. The Labute approximate surface area is 124 Å². The summed E-state index contributed by atoms with van der Waals surface area (Å²) in [5, 5.41) is 9.12. The Kier molecular flexibility index (Phi) is 4.18. The van der Waals surface area contributed by atoms with Crippen LogP contribution >= 0.6 is 0 Å². The molecule has 5 nitrogen and oxygen atoms in total. The van der Waals surface area contributed by atoms with E-state index in [9.17, 15) is 4.79 Å². The molecule has 110 valence electrons. The van der Waals surface area contributed by atoms with Gasteiger partial charge in [0.05, 0.1) is 38.4 Å². The zero-order valence-corrected chi connectivity index (χ0v) is 11.8. The molecule has 2 heterocycles. The van der Waals surface area contributed by atoms with Gasteiger partial charge in [-0.2, -0.15) is 5.26 Å². The summed E-state index contributed by atoms with van der Waals surface area (Å²) in [6.45, 7) is 1.90. The molecule has 0 spiro atoms. The number of fused-ring (bicyclic) bond motifs is 1. The molecule has 1 aromatic carbocycles. The fraction of sp³-hybridized carbons (Fsp3) is 0.500. The number of hydrogen-bond acceptors (Lipinski definition) is 4. The largest absolute Gasteiger partial charge is 0.376 e. The lowest BCUT2D eigenvalue weighted by atomic mass is 9.95. The van der Waals surface area contributed by atoms with Crippen molar-refractivity contribution in [1.82, 2.24) is 4.90 Å². The van der Waals surface area contributed by atoms with E-state index >= 15 is 0 Å². The van der Waals surface area contributed by atoms with Gasteiger partial charge in [-0.1, -0.05) is 24.3 Å². The Bertz CT molecular complexity index is 567. The molecule has 2 aliphatic rings. The molecule has 5 heteroatoms. The van der Waals surface area contributed by atoms with E-state index in [2.05, 4.69) is 12.1 Å². The van der Waals surface area contributed by atoms with Gasteiger partial charge in [0.15, 0.2) is 0 Å². The Morgan fingerprint density at radius 2 is 2.24 bits per heavy atom. The highest BCUT2D eigenvalue weighted by molar-refractivity contribution is 5.78. The summed E-state index contributed by atoms with van der Waals surface area (Å²) in [5.41, 5.74) is 2.35. The number of rotatable bonds is 2. The van der Waals surface area contributed by atoms with Crippen LogP contribution < -0.4 is 0 Å². The second-order valence-corrected chi connectivity index (χ2v) is 5.32. The normalized spacial score (nSPS) is 25.0. The van der Waals surface area contributed by atoms with E-state index in [-0.39, 0.29) is 18.4 Å². The summed E-state index contributed by atoms with van der Waals surface area (Å²) < 4.78 is 11.0. The lowest BCUT2D eigenvalue weighted by Gasteiger charge is -2.33. The SMILES string of the molecule is N#C[C@H]1COCCN1C(=O)C[C@H]1OCCc2ccccc21. The Morgan fingerprint density at radius 1 is 1.38 bits per heavy atom. The second kappa shape index (κ2) is 6.25. The van der Waals surface area contributed by atoms with Crippen LogP contribution in [0.4, 0.5) is 0 Å². The molecular formula is C16H18N2O3. The maximum atomic E-state index is 12.5. The van der Waals surface area contributed by atoms with Crippen molar-refractivity contribution in [3.05, 3.63) is 35.4 Å². The molecule has 21 heavy (non-hydrogen) atoms. The van der Waals surface area contributed by atoms with Crippen molar-refractivity contribution in [2.45, 2.75) is 25.0 Å². The van der Waals surface area contributed by atoms with Gasteiger partial charge in [0.1, 0.15) is 6.04 Å². The van der Waals surface area contributed by atoms with Crippen molar-refractivity contribution in [3.8, 4) is 6.07 Å². The van der Waals surface area contributed by atoms with Crippen molar-refractivity contribution < 1.29 is 14.3 Å². The molecule has 2 aliphatic heterocycles. The van der Waals surface area contributed by atoms with Gasteiger partial charge in [0.2, 0.25) is 5.91 Å². The first-order chi connectivity index (χ1) is 10.3. The molecule has 2 atom stereocenters. The van der Waals surface area contributed by atoms with Gasteiger partial charge < -0.3 is 14.4 Å². The molecule has 1 saturated heterocycles. The molecule has 1 fully saturated rings. The molecule has 0 aromatic heterocycles. The number of ether oxygens (including phenoxy) is 2. The zero-order valence-electron chi connectivity index (χ0n) is 11.8. The van der Waals surface area contributed by atoms with Crippen molar-refractivity contribution in [3.63, 3.8) is 0 Å². The Hall–Kier alpha value is -1.90. The molecule has 3 rings (SSSR count). The highest BCUT2D eigenvalue weighted by Gasteiger charge is 2.30. The molecule has 0 radical (unpaired) electrons. The van der Waals surface area contributed by atoms with Crippen LogP contribution in [0, 0.1) is 11.3 Å². The summed E-state index contributed by atoms with van der Waals surface area (Å²) >= 11 is 0. The van der Waals surface area contributed by atoms with Crippen molar-refractivity contribution in [2.75, 3.05) is 26.4 Å². The van der Waals surface area contributed by atoms with E-state index in [1.165, 1.54) is 5.56 Å². The van der Waals surface area contributed by atoms with Crippen LogP contribution in [0.5, 0.6) is 0 Å². The molecular weight excluding hydrogens is 268 g/mol. The summed E-state index contributed by atoms with van der Waals surface area (Å²) in [4.78, 5) is 14.1. The quantitative estimate of drug-likeness (QED) is 0.825. The highest BCUT2D eigenvalue weighted by atomic mass is 16.5. The summed E-state index contributed by atoms with van der Waals surface area (Å²) in [6, 6.07) is 9.74. The number of carbonyl (C=O) groups is 1. The monoisotopic (exact) mass is 286 g/mol. The minimum atomic E-state index is -0.481. The van der Waals surface area contributed by atoms with E-state index in [0.717, 1.165) is 12.0 Å². The molecule has 0 bridgehead atoms. The number of nitrogens with zero attached hydrogens (tertiary/aromatic N) is 2. The number of hydrogen-bond donors (Lipinski definition) is 0. The highest BCUT2D eigenvalue weighted by Crippen LogP contribution is 2.30. The van der Waals surface area contributed by atoms with Gasteiger partial charge in [-0.25, -0.2) is 0 Å². The summed E-state index contributed by atoms with van der Waals surface area (Å²) in [7, 11) is 0. The molecule has 1 amide bonds. The predicted molar refractivity (Wildman–Crippen MR) is 75.4 cm³/mol. The number of benzene rings is 1. The number of morpholine rings is 1. The first kappa shape index (κ1) is 14.1. The second-order valence-electron chi connectivity index (χ2n) is 5.32. The van der Waals surface area contributed by atoms with Gasteiger partial charge in [-0.05, 0) is 17.5 Å². The Morgan fingerprint density at radius 3 is 3.10 bits per heavy atom. The van der Waals surface area contributed by atoms with Crippen molar-refractivity contribution >= 4 is 5.91 Å². The van der Waals surface area contributed by atoms with Crippen LogP contribution in [-0.2, 0) is 20.7 Å². The lowest BCUT2D eigenvalue weighted by molar-refractivity contribution is -0.141. The van der Waals surface area contributed by atoms with Crippen LogP contribution in [-0.4, -0.2) is 43.2 Å². The van der Waals surface area contributed by atoms with Gasteiger partial charge >= 0.3 is 0 Å². The maximum Gasteiger partial charge on any atom is 0.226 e. The maximum absolute atomic E-state index is 12.5. The standard InChI is InChI=1S/C16H18N2O3/c17-10-13-11-20-8-6-18(13)16(19)9-15-14-4-2-1-3-12(14)5-7-21-15/h1-4,13,15H,5-9,11H2/t13-,15+/m0/s1. The first-order valence-corrected chi connectivity index (χ1v) is 7.26.